The van der Waals surface area contributed by atoms with Crippen LogP contribution in [0.4, 0.5) is 4.39 Å². The van der Waals surface area contributed by atoms with Crippen LogP contribution in [0.5, 0.6) is 0 Å². The number of aliphatic imine (C=N–C) groups is 1. The van der Waals surface area contributed by atoms with E-state index in [4.69, 9.17) is 0 Å². The average molecular weight is 417 g/mol. The lowest BCUT2D eigenvalue weighted by Crippen LogP contribution is -2.47. The van der Waals surface area contributed by atoms with Gasteiger partial charge in [0, 0.05) is 32.1 Å². The molecule has 0 bridgehead atoms. The molecule has 3 rings (SSSR count). The van der Waals surface area contributed by atoms with E-state index < -0.39 is 0 Å². The Morgan fingerprint density at radius 2 is 2.14 bits per heavy atom. The van der Waals surface area contributed by atoms with Crippen molar-refractivity contribution in [3.05, 3.63) is 35.6 Å². The molecule has 2 fully saturated rings. The molecule has 1 aromatic carbocycles. The van der Waals surface area contributed by atoms with Crippen molar-refractivity contribution in [3.8, 4) is 0 Å². The predicted molar refractivity (Wildman–Crippen MR) is 99.4 cm³/mol. The number of halogens is 2. The number of nitrogens with zero attached hydrogens (tertiary/aromatic N) is 2. The van der Waals surface area contributed by atoms with Crippen LogP contribution in [0.15, 0.2) is 29.3 Å². The summed E-state index contributed by atoms with van der Waals surface area (Å²) >= 11 is 0. The molecule has 2 aliphatic rings. The third-order valence-electron chi connectivity index (χ3n) is 4.58. The maximum atomic E-state index is 13.8. The molecule has 0 aromatic heterocycles. The standard InChI is InChI=1S/C17H24FN3.HI/c1-12-6-5-9-21(11-12)17(19-2)20-16-10-14(16)13-7-3-4-8-15(13)18;/h3-4,7-8,12,14,16H,5-6,9-11H2,1-2H3,(H,19,20);1H. The monoisotopic (exact) mass is 417 g/mol. The number of nitrogens with one attached hydrogen (secondary N) is 1. The highest BCUT2D eigenvalue weighted by Gasteiger charge is 2.41. The van der Waals surface area contributed by atoms with Crippen LogP contribution in [0, 0.1) is 11.7 Å². The molecule has 122 valence electrons. The van der Waals surface area contributed by atoms with Crippen LogP contribution in [-0.4, -0.2) is 37.0 Å². The van der Waals surface area contributed by atoms with Crippen molar-refractivity contribution in [1.29, 1.82) is 0 Å². The van der Waals surface area contributed by atoms with E-state index in [0.29, 0.717) is 6.04 Å². The number of likely N-dealkylation sites (tertiary alicyclic amines) is 1. The first-order valence-electron chi connectivity index (χ1n) is 7.91. The first kappa shape index (κ1) is 17.5. The van der Waals surface area contributed by atoms with Crippen molar-refractivity contribution in [2.45, 2.75) is 38.1 Å². The van der Waals surface area contributed by atoms with Gasteiger partial charge in [-0.1, -0.05) is 25.1 Å². The number of hydrogen-bond donors (Lipinski definition) is 1. The van der Waals surface area contributed by atoms with E-state index in [1.54, 1.807) is 12.1 Å². The zero-order valence-electron chi connectivity index (χ0n) is 13.3. The van der Waals surface area contributed by atoms with Crippen LogP contribution >= 0.6 is 24.0 Å². The van der Waals surface area contributed by atoms with E-state index in [-0.39, 0.29) is 35.7 Å². The number of piperidine rings is 1. The normalized spacial score (nSPS) is 28.0. The molecular formula is C17H25FIN3. The summed E-state index contributed by atoms with van der Waals surface area (Å²) in [5.74, 6) is 1.89. The Labute approximate surface area is 149 Å². The lowest BCUT2D eigenvalue weighted by molar-refractivity contribution is 0.265. The van der Waals surface area contributed by atoms with E-state index in [0.717, 1.165) is 37.0 Å². The van der Waals surface area contributed by atoms with Gasteiger partial charge in [0.15, 0.2) is 5.96 Å². The fourth-order valence-corrected chi connectivity index (χ4v) is 3.32. The molecule has 1 aliphatic heterocycles. The molecule has 1 heterocycles. The van der Waals surface area contributed by atoms with Crippen LogP contribution in [0.1, 0.15) is 37.7 Å². The van der Waals surface area contributed by atoms with Crippen LogP contribution in [0.3, 0.4) is 0 Å². The van der Waals surface area contributed by atoms with Crippen molar-refractivity contribution in [2.24, 2.45) is 10.9 Å². The Morgan fingerprint density at radius 3 is 2.82 bits per heavy atom. The molecular weight excluding hydrogens is 392 g/mol. The first-order valence-corrected chi connectivity index (χ1v) is 7.91. The SMILES string of the molecule is CN=C(NC1CC1c1ccccc1F)N1CCCC(C)C1.I. The molecule has 0 radical (unpaired) electrons. The zero-order valence-corrected chi connectivity index (χ0v) is 15.6. The van der Waals surface area contributed by atoms with Gasteiger partial charge in [0.05, 0.1) is 0 Å². The van der Waals surface area contributed by atoms with Gasteiger partial charge >= 0.3 is 0 Å². The fourth-order valence-electron chi connectivity index (χ4n) is 3.32. The molecule has 1 saturated heterocycles. The highest BCUT2D eigenvalue weighted by atomic mass is 127. The molecule has 1 N–H and O–H groups in total. The third kappa shape index (κ3) is 3.91. The maximum absolute atomic E-state index is 13.8. The van der Waals surface area contributed by atoms with Gasteiger partial charge in [0.2, 0.25) is 0 Å². The van der Waals surface area contributed by atoms with Gasteiger partial charge in [-0.25, -0.2) is 4.39 Å². The maximum Gasteiger partial charge on any atom is 0.193 e. The first-order chi connectivity index (χ1) is 10.2. The summed E-state index contributed by atoms with van der Waals surface area (Å²) in [6, 6.07) is 7.42. The summed E-state index contributed by atoms with van der Waals surface area (Å²) in [7, 11) is 1.84. The van der Waals surface area contributed by atoms with Crippen molar-refractivity contribution < 1.29 is 4.39 Å². The lowest BCUT2D eigenvalue weighted by Gasteiger charge is -2.33. The zero-order chi connectivity index (χ0) is 14.8. The Bertz CT molecular complexity index is 534. The van der Waals surface area contributed by atoms with Gasteiger partial charge < -0.3 is 10.2 Å². The second-order valence-electron chi connectivity index (χ2n) is 6.36. The van der Waals surface area contributed by atoms with Crippen LogP contribution < -0.4 is 5.32 Å². The molecule has 5 heteroatoms. The van der Waals surface area contributed by atoms with Crippen LogP contribution in [-0.2, 0) is 0 Å². The highest BCUT2D eigenvalue weighted by Crippen LogP contribution is 2.41. The van der Waals surface area contributed by atoms with Gasteiger partial charge in [-0.2, -0.15) is 0 Å². The van der Waals surface area contributed by atoms with Crippen molar-refractivity contribution in [2.75, 3.05) is 20.1 Å². The second-order valence-corrected chi connectivity index (χ2v) is 6.36. The number of guanidine groups is 1. The largest absolute Gasteiger partial charge is 0.353 e. The van der Waals surface area contributed by atoms with Gasteiger partial charge in [0.1, 0.15) is 5.82 Å². The van der Waals surface area contributed by atoms with Gasteiger partial charge in [-0.05, 0) is 36.8 Å². The summed E-state index contributed by atoms with van der Waals surface area (Å²) in [5, 5.41) is 3.52. The molecule has 3 nitrogen and oxygen atoms in total. The second kappa shape index (κ2) is 7.62. The summed E-state index contributed by atoms with van der Waals surface area (Å²) in [6.45, 7) is 4.43. The van der Waals surface area contributed by atoms with E-state index in [2.05, 4.69) is 22.1 Å². The van der Waals surface area contributed by atoms with Crippen LogP contribution in [0.2, 0.25) is 0 Å². The quantitative estimate of drug-likeness (QED) is 0.453. The minimum atomic E-state index is -0.0895. The molecule has 1 saturated carbocycles. The van der Waals surface area contributed by atoms with Gasteiger partial charge in [0.25, 0.3) is 0 Å². The molecule has 0 spiro atoms. The molecule has 0 amide bonds. The van der Waals surface area contributed by atoms with E-state index in [1.807, 2.05) is 19.2 Å². The molecule has 22 heavy (non-hydrogen) atoms. The number of rotatable bonds is 2. The minimum Gasteiger partial charge on any atom is -0.353 e. The molecule has 1 aliphatic carbocycles. The minimum absolute atomic E-state index is 0. The van der Waals surface area contributed by atoms with Gasteiger partial charge in [-0.15, -0.1) is 24.0 Å². The Balaban J connectivity index is 0.00000176. The smallest absolute Gasteiger partial charge is 0.193 e. The number of hydrogen-bond acceptors (Lipinski definition) is 1. The lowest BCUT2D eigenvalue weighted by atomic mass is 10.0. The topological polar surface area (TPSA) is 27.6 Å². The summed E-state index contributed by atoms with van der Waals surface area (Å²) in [5.41, 5.74) is 0.831. The van der Waals surface area contributed by atoms with E-state index in [1.165, 1.54) is 12.8 Å². The van der Waals surface area contributed by atoms with E-state index in [9.17, 15) is 4.39 Å². The van der Waals surface area contributed by atoms with Crippen LogP contribution in [0.25, 0.3) is 0 Å². The molecule has 3 unspecified atom stereocenters. The Morgan fingerprint density at radius 1 is 1.36 bits per heavy atom. The Hall–Kier alpha value is -0.850. The molecule has 1 aromatic rings. The third-order valence-corrected chi connectivity index (χ3v) is 4.58. The van der Waals surface area contributed by atoms with E-state index >= 15 is 0 Å². The van der Waals surface area contributed by atoms with Gasteiger partial charge in [-0.3, -0.25) is 4.99 Å². The van der Waals surface area contributed by atoms with Crippen molar-refractivity contribution in [3.63, 3.8) is 0 Å². The fraction of sp³-hybridized carbons (Fsp3) is 0.588. The molecule has 3 atom stereocenters. The highest BCUT2D eigenvalue weighted by molar-refractivity contribution is 14.0. The number of benzene rings is 1. The van der Waals surface area contributed by atoms with Crippen molar-refractivity contribution in [1.82, 2.24) is 10.2 Å². The average Bonchev–Trinajstić information content (AvgIpc) is 3.24. The predicted octanol–water partition coefficient (Wildman–Crippen LogP) is 3.61. The van der Waals surface area contributed by atoms with Crippen molar-refractivity contribution >= 4 is 29.9 Å². The Kier molecular flexibility index (Phi) is 6.06. The summed E-state index contributed by atoms with van der Waals surface area (Å²) in [4.78, 5) is 6.75. The summed E-state index contributed by atoms with van der Waals surface area (Å²) in [6.07, 6.45) is 3.52. The summed E-state index contributed by atoms with van der Waals surface area (Å²) < 4.78 is 13.8.